The number of carbonyl (C=O) groups excluding carboxylic acids is 2. The van der Waals surface area contributed by atoms with Crippen molar-refractivity contribution in [2.24, 2.45) is 0 Å². The molecule has 2 aromatic rings. The third-order valence-corrected chi connectivity index (χ3v) is 4.07. The molecule has 7 nitrogen and oxygen atoms in total. The lowest BCUT2D eigenvalue weighted by molar-refractivity contribution is -0.385. The standard InChI is InChI=1S/C21H24N2O5/c1-14(2)28-21(25)13-18(17-6-4-5-7-19(17)23(26)27)22-20(24)12-16-10-8-15(3)9-11-16/h4-11,14,18H,12-13H2,1-3H3,(H,22,24). The number of hydrogen-bond donors (Lipinski definition) is 1. The maximum atomic E-state index is 12.5. The van der Waals surface area contributed by atoms with Gasteiger partial charge < -0.3 is 10.1 Å². The fraction of sp³-hybridized carbons (Fsp3) is 0.333. The Balaban J connectivity index is 2.23. The van der Waals surface area contributed by atoms with Gasteiger partial charge in [0, 0.05) is 6.07 Å². The maximum Gasteiger partial charge on any atom is 0.308 e. The Labute approximate surface area is 163 Å². The van der Waals surface area contributed by atoms with E-state index in [-0.39, 0.29) is 36.1 Å². The summed E-state index contributed by atoms with van der Waals surface area (Å²) >= 11 is 0. The predicted molar refractivity (Wildman–Crippen MR) is 105 cm³/mol. The van der Waals surface area contributed by atoms with Gasteiger partial charge in [0.1, 0.15) is 0 Å². The number of carbonyl (C=O) groups is 2. The number of rotatable bonds is 8. The molecule has 1 N–H and O–H groups in total. The highest BCUT2D eigenvalue weighted by Gasteiger charge is 2.26. The topological polar surface area (TPSA) is 98.5 Å². The number of nitrogens with one attached hydrogen (secondary N) is 1. The average Bonchev–Trinajstić information content (AvgIpc) is 2.62. The molecule has 1 atom stereocenters. The van der Waals surface area contributed by atoms with Crippen molar-refractivity contribution in [1.29, 1.82) is 0 Å². The molecule has 0 saturated carbocycles. The lowest BCUT2D eigenvalue weighted by atomic mass is 10.0. The molecule has 0 bridgehead atoms. The van der Waals surface area contributed by atoms with Gasteiger partial charge in [-0.05, 0) is 26.3 Å². The maximum absolute atomic E-state index is 12.5. The number of esters is 1. The van der Waals surface area contributed by atoms with E-state index in [1.165, 1.54) is 12.1 Å². The summed E-state index contributed by atoms with van der Waals surface area (Å²) in [6.45, 7) is 5.39. The number of hydrogen-bond acceptors (Lipinski definition) is 5. The third kappa shape index (κ3) is 6.19. The second-order valence-electron chi connectivity index (χ2n) is 6.84. The largest absolute Gasteiger partial charge is 0.463 e. The van der Waals surface area contributed by atoms with Crippen LogP contribution in [0.4, 0.5) is 5.69 Å². The van der Waals surface area contributed by atoms with Gasteiger partial charge in [0.2, 0.25) is 5.91 Å². The van der Waals surface area contributed by atoms with Crippen molar-refractivity contribution in [3.63, 3.8) is 0 Å². The zero-order valence-electron chi connectivity index (χ0n) is 16.2. The van der Waals surface area contributed by atoms with Crippen molar-refractivity contribution in [3.8, 4) is 0 Å². The summed E-state index contributed by atoms with van der Waals surface area (Å²) in [6.07, 6.45) is -0.401. The van der Waals surface area contributed by atoms with Crippen LogP contribution in [-0.4, -0.2) is 22.9 Å². The lowest BCUT2D eigenvalue weighted by Gasteiger charge is -2.19. The highest BCUT2D eigenvalue weighted by molar-refractivity contribution is 5.80. The Morgan fingerprint density at radius 1 is 1.11 bits per heavy atom. The Hall–Kier alpha value is -3.22. The van der Waals surface area contributed by atoms with Gasteiger partial charge >= 0.3 is 5.97 Å². The van der Waals surface area contributed by atoms with Crippen LogP contribution in [0.3, 0.4) is 0 Å². The molecule has 0 fully saturated rings. The summed E-state index contributed by atoms with van der Waals surface area (Å²) in [5.41, 5.74) is 2.01. The fourth-order valence-electron chi connectivity index (χ4n) is 2.80. The van der Waals surface area contributed by atoms with E-state index in [0.717, 1.165) is 11.1 Å². The number of para-hydroxylation sites is 1. The van der Waals surface area contributed by atoms with Gasteiger partial charge in [-0.1, -0.05) is 48.0 Å². The Bertz CT molecular complexity index is 846. The minimum absolute atomic E-state index is 0.108. The van der Waals surface area contributed by atoms with Crippen LogP contribution in [0, 0.1) is 17.0 Å². The van der Waals surface area contributed by atoms with Crippen LogP contribution in [0.25, 0.3) is 0 Å². The van der Waals surface area contributed by atoms with Crippen LogP contribution in [0.15, 0.2) is 48.5 Å². The second-order valence-corrected chi connectivity index (χ2v) is 6.84. The van der Waals surface area contributed by atoms with Gasteiger partial charge in [-0.3, -0.25) is 19.7 Å². The van der Waals surface area contributed by atoms with Crippen LogP contribution in [0.2, 0.25) is 0 Å². The summed E-state index contributed by atoms with van der Waals surface area (Å²) in [5.74, 6) is -0.863. The van der Waals surface area contributed by atoms with Gasteiger partial charge in [-0.25, -0.2) is 0 Å². The molecule has 2 rings (SSSR count). The highest BCUT2D eigenvalue weighted by atomic mass is 16.6. The Morgan fingerprint density at radius 3 is 2.36 bits per heavy atom. The van der Waals surface area contributed by atoms with Crippen LogP contribution in [0.1, 0.15) is 43.0 Å². The van der Waals surface area contributed by atoms with Crippen LogP contribution >= 0.6 is 0 Å². The van der Waals surface area contributed by atoms with E-state index in [1.807, 2.05) is 31.2 Å². The predicted octanol–water partition coefficient (Wildman–Crippen LogP) is 3.64. The summed E-state index contributed by atoms with van der Waals surface area (Å²) in [5, 5.41) is 14.1. The molecule has 0 saturated heterocycles. The number of nitro groups is 1. The molecular formula is C21H24N2O5. The third-order valence-electron chi connectivity index (χ3n) is 4.07. The van der Waals surface area contributed by atoms with E-state index in [0.29, 0.717) is 0 Å². The van der Waals surface area contributed by atoms with Crippen molar-refractivity contribution >= 4 is 17.6 Å². The number of nitro benzene ring substituents is 1. The van der Waals surface area contributed by atoms with Crippen molar-refractivity contribution in [2.45, 2.75) is 45.8 Å². The monoisotopic (exact) mass is 384 g/mol. The molecule has 0 radical (unpaired) electrons. The number of aryl methyl sites for hydroxylation is 1. The average molecular weight is 384 g/mol. The van der Waals surface area contributed by atoms with E-state index in [4.69, 9.17) is 4.74 Å². The normalized spacial score (nSPS) is 11.7. The molecule has 28 heavy (non-hydrogen) atoms. The molecule has 0 aromatic heterocycles. The van der Waals surface area contributed by atoms with E-state index in [1.54, 1.807) is 26.0 Å². The molecule has 0 heterocycles. The summed E-state index contributed by atoms with van der Waals surface area (Å²) < 4.78 is 5.16. The van der Waals surface area contributed by atoms with Crippen molar-refractivity contribution in [3.05, 3.63) is 75.3 Å². The van der Waals surface area contributed by atoms with Gasteiger partial charge in [0.05, 0.1) is 35.5 Å². The zero-order valence-corrected chi connectivity index (χ0v) is 16.2. The second kappa shape index (κ2) is 9.64. The fourth-order valence-corrected chi connectivity index (χ4v) is 2.80. The van der Waals surface area contributed by atoms with Gasteiger partial charge in [0.15, 0.2) is 0 Å². The number of benzene rings is 2. The molecule has 0 aliphatic heterocycles. The molecule has 0 aliphatic rings. The molecular weight excluding hydrogens is 360 g/mol. The quantitative estimate of drug-likeness (QED) is 0.426. The van der Waals surface area contributed by atoms with E-state index >= 15 is 0 Å². The molecule has 0 aliphatic carbocycles. The lowest BCUT2D eigenvalue weighted by Crippen LogP contribution is -2.32. The smallest absolute Gasteiger partial charge is 0.308 e. The zero-order chi connectivity index (χ0) is 20.7. The van der Waals surface area contributed by atoms with Crippen LogP contribution in [0.5, 0.6) is 0 Å². The highest BCUT2D eigenvalue weighted by Crippen LogP contribution is 2.27. The van der Waals surface area contributed by atoms with Gasteiger partial charge in [-0.2, -0.15) is 0 Å². The minimum Gasteiger partial charge on any atom is -0.463 e. The number of nitrogens with zero attached hydrogens (tertiary/aromatic N) is 1. The van der Waals surface area contributed by atoms with Crippen LogP contribution < -0.4 is 5.32 Å². The first-order chi connectivity index (χ1) is 13.3. The van der Waals surface area contributed by atoms with Gasteiger partial charge in [0.25, 0.3) is 5.69 Å². The van der Waals surface area contributed by atoms with E-state index < -0.39 is 16.9 Å². The Kier molecular flexibility index (Phi) is 7.26. The first kappa shape index (κ1) is 21.1. The molecule has 2 aromatic carbocycles. The molecule has 7 heteroatoms. The Morgan fingerprint density at radius 2 is 1.75 bits per heavy atom. The number of amides is 1. The van der Waals surface area contributed by atoms with Crippen molar-refractivity contribution < 1.29 is 19.2 Å². The first-order valence-corrected chi connectivity index (χ1v) is 9.04. The van der Waals surface area contributed by atoms with E-state index in [9.17, 15) is 19.7 Å². The molecule has 1 unspecified atom stereocenters. The minimum atomic E-state index is -0.856. The van der Waals surface area contributed by atoms with Crippen molar-refractivity contribution in [1.82, 2.24) is 5.32 Å². The molecule has 1 amide bonds. The SMILES string of the molecule is Cc1ccc(CC(=O)NC(CC(=O)OC(C)C)c2ccccc2[N+](=O)[O-])cc1. The van der Waals surface area contributed by atoms with E-state index in [2.05, 4.69) is 5.32 Å². The first-order valence-electron chi connectivity index (χ1n) is 9.04. The molecule has 148 valence electrons. The number of ether oxygens (including phenoxy) is 1. The summed E-state index contributed by atoms with van der Waals surface area (Å²) in [6, 6.07) is 12.7. The summed E-state index contributed by atoms with van der Waals surface area (Å²) in [4.78, 5) is 35.5. The summed E-state index contributed by atoms with van der Waals surface area (Å²) in [7, 11) is 0. The van der Waals surface area contributed by atoms with Crippen molar-refractivity contribution in [2.75, 3.05) is 0 Å². The van der Waals surface area contributed by atoms with Crippen LogP contribution in [-0.2, 0) is 20.7 Å². The van der Waals surface area contributed by atoms with Gasteiger partial charge in [-0.15, -0.1) is 0 Å². The molecule has 0 spiro atoms.